The van der Waals surface area contributed by atoms with Crippen molar-refractivity contribution in [2.75, 3.05) is 60.1 Å². The van der Waals surface area contributed by atoms with Crippen LogP contribution in [0.15, 0.2) is 0 Å². The highest BCUT2D eigenvalue weighted by Crippen LogP contribution is 2.15. The molecule has 2 N–H and O–H groups in total. The summed E-state index contributed by atoms with van der Waals surface area (Å²) in [4.78, 5) is 63.0. The lowest BCUT2D eigenvalue weighted by molar-refractivity contribution is -0.157. The molecule has 0 bridgehead atoms. The Hall–Kier alpha value is -2.45. The van der Waals surface area contributed by atoms with Crippen LogP contribution in [0.3, 0.4) is 0 Å². The van der Waals surface area contributed by atoms with E-state index in [1.807, 2.05) is 0 Å². The molecule has 0 aromatic heterocycles. The third kappa shape index (κ3) is 17.6. The summed E-state index contributed by atoms with van der Waals surface area (Å²) in [5.41, 5.74) is 2.26. The van der Waals surface area contributed by atoms with Crippen molar-refractivity contribution in [1.29, 1.82) is 0 Å². The first kappa shape index (κ1) is 32.6. The monoisotopic (exact) mass is 532 g/mol. The minimum absolute atomic E-state index is 0.126. The van der Waals surface area contributed by atoms with Crippen LogP contribution in [0, 0.1) is 0 Å². The van der Waals surface area contributed by atoms with Gasteiger partial charge in [0.1, 0.15) is 0 Å². The number of amides is 2. The number of hydrogen-bond acceptors (Lipinski definition) is 11. The molecule has 1 rings (SSSR count). The molecule has 1 aliphatic rings. The van der Waals surface area contributed by atoms with Crippen LogP contribution in [-0.4, -0.2) is 95.5 Å². The second kappa shape index (κ2) is 21.6. The predicted molar refractivity (Wildman–Crippen MR) is 128 cm³/mol. The average Bonchev–Trinajstić information content (AvgIpc) is 3.19. The summed E-state index contributed by atoms with van der Waals surface area (Å²) < 4.78 is 25.5. The van der Waals surface area contributed by atoms with Gasteiger partial charge in [-0.3, -0.25) is 24.0 Å². The number of ether oxygens (including phenoxy) is 5. The first-order valence-corrected chi connectivity index (χ1v) is 12.6. The van der Waals surface area contributed by atoms with Gasteiger partial charge in [0.2, 0.25) is 17.9 Å². The summed E-state index contributed by atoms with van der Waals surface area (Å²) in [6.07, 6.45) is 2.16. The fourth-order valence-electron chi connectivity index (χ4n) is 3.16. The number of esters is 1. The van der Waals surface area contributed by atoms with Crippen molar-refractivity contribution in [3.8, 4) is 0 Å². The van der Waals surface area contributed by atoms with Gasteiger partial charge in [-0.25, -0.2) is 10.3 Å². The molecule has 13 nitrogen and oxygen atoms in total. The Bertz CT molecular complexity index is 686. The van der Waals surface area contributed by atoms with Crippen LogP contribution in [0.4, 0.5) is 0 Å². The Morgan fingerprint density at radius 3 is 2.11 bits per heavy atom. The molecule has 1 fully saturated rings. The van der Waals surface area contributed by atoms with Gasteiger partial charge in [0.25, 0.3) is 0 Å². The zero-order valence-electron chi connectivity index (χ0n) is 21.6. The van der Waals surface area contributed by atoms with Gasteiger partial charge < -0.3 is 29.0 Å². The molecule has 37 heavy (non-hydrogen) atoms. The van der Waals surface area contributed by atoms with Crippen molar-refractivity contribution in [1.82, 2.24) is 10.8 Å². The normalized spacial score (nSPS) is 13.6. The first-order valence-electron chi connectivity index (χ1n) is 12.6. The van der Waals surface area contributed by atoms with E-state index in [4.69, 9.17) is 28.5 Å². The molecule has 0 atom stereocenters. The van der Waals surface area contributed by atoms with Gasteiger partial charge in [0.15, 0.2) is 18.4 Å². The van der Waals surface area contributed by atoms with Crippen LogP contribution in [0.5, 0.6) is 0 Å². The summed E-state index contributed by atoms with van der Waals surface area (Å²) >= 11 is 0. The summed E-state index contributed by atoms with van der Waals surface area (Å²) in [7, 11) is 1.60. The Kier molecular flexibility index (Phi) is 19.0. The molecule has 0 aliphatic heterocycles. The van der Waals surface area contributed by atoms with Crippen molar-refractivity contribution < 1.29 is 52.5 Å². The quantitative estimate of drug-likeness (QED) is 0.0614. The zero-order valence-corrected chi connectivity index (χ0v) is 21.6. The third-order valence-electron chi connectivity index (χ3n) is 5.16. The predicted octanol–water partition coefficient (Wildman–Crippen LogP) is 0.379. The molecular formula is C24H40N2O11. The highest BCUT2D eigenvalue weighted by Gasteiger charge is 2.35. The van der Waals surface area contributed by atoms with E-state index in [0.717, 1.165) is 6.42 Å². The molecule has 0 unspecified atom stereocenters. The fourth-order valence-corrected chi connectivity index (χ4v) is 3.16. The largest absolute Gasteiger partial charge is 0.446 e. The van der Waals surface area contributed by atoms with Gasteiger partial charge in [-0.1, -0.05) is 12.8 Å². The number of hydrogen-bond donors (Lipinski definition) is 2. The van der Waals surface area contributed by atoms with Crippen molar-refractivity contribution in [3.05, 3.63) is 0 Å². The van der Waals surface area contributed by atoms with Gasteiger partial charge in [-0.05, 0) is 12.8 Å². The first-order chi connectivity index (χ1) is 17.9. The molecule has 0 aromatic rings. The van der Waals surface area contributed by atoms with Gasteiger partial charge in [0, 0.05) is 39.3 Å². The van der Waals surface area contributed by atoms with E-state index in [-0.39, 0.29) is 68.9 Å². The Morgan fingerprint density at radius 1 is 0.757 bits per heavy atom. The number of hydroxylamine groups is 1. The molecule has 1 saturated carbocycles. The Balaban J connectivity index is 1.84. The second-order valence-corrected chi connectivity index (χ2v) is 8.23. The molecule has 0 aromatic carbocycles. The third-order valence-corrected chi connectivity index (χ3v) is 5.16. The van der Waals surface area contributed by atoms with Crippen molar-refractivity contribution >= 4 is 29.4 Å². The van der Waals surface area contributed by atoms with E-state index >= 15 is 0 Å². The van der Waals surface area contributed by atoms with Crippen molar-refractivity contribution in [2.45, 2.75) is 63.9 Å². The van der Waals surface area contributed by atoms with Crippen LogP contribution >= 0.6 is 0 Å². The fraction of sp³-hybridized carbons (Fsp3) is 0.792. The number of unbranched alkanes of at least 4 members (excludes halogenated alkanes) is 3. The molecule has 0 saturated heterocycles. The van der Waals surface area contributed by atoms with E-state index in [1.165, 1.54) is 0 Å². The topological polar surface area (TPSA) is 165 Å². The van der Waals surface area contributed by atoms with E-state index < -0.39 is 12.1 Å². The molecular weight excluding hydrogens is 492 g/mol. The number of rotatable bonds is 23. The van der Waals surface area contributed by atoms with E-state index in [9.17, 15) is 24.0 Å². The molecule has 1 aliphatic carbocycles. The van der Waals surface area contributed by atoms with Gasteiger partial charge in [0.05, 0.1) is 46.1 Å². The molecule has 2 amide bonds. The van der Waals surface area contributed by atoms with Crippen molar-refractivity contribution in [2.24, 2.45) is 0 Å². The van der Waals surface area contributed by atoms with E-state index in [0.29, 0.717) is 58.8 Å². The minimum Gasteiger partial charge on any atom is -0.446 e. The summed E-state index contributed by atoms with van der Waals surface area (Å²) in [5, 5.41) is 2.70. The highest BCUT2D eigenvalue weighted by molar-refractivity contribution is 6.12. The summed E-state index contributed by atoms with van der Waals surface area (Å²) in [6, 6.07) is 0. The van der Waals surface area contributed by atoms with Gasteiger partial charge in [-0.15, -0.1) is 0 Å². The lowest BCUT2D eigenvalue weighted by atomic mass is 10.1. The van der Waals surface area contributed by atoms with Crippen LogP contribution in [0.25, 0.3) is 0 Å². The van der Waals surface area contributed by atoms with Gasteiger partial charge in [-0.2, -0.15) is 0 Å². The highest BCUT2D eigenvalue weighted by atomic mass is 16.8. The van der Waals surface area contributed by atoms with Crippen LogP contribution in [0.1, 0.15) is 57.8 Å². The smallest absolute Gasteiger partial charge is 0.306 e. The van der Waals surface area contributed by atoms with Crippen LogP contribution < -0.4 is 10.8 Å². The minimum atomic E-state index is -1.22. The molecule has 212 valence electrons. The number of Topliss-reactive ketones (excluding diaryl/α,β-unsaturated/α-hetero) is 2. The lowest BCUT2D eigenvalue weighted by Crippen LogP contribution is -2.29. The maximum atomic E-state index is 11.7. The maximum Gasteiger partial charge on any atom is 0.306 e. The standard InChI is InChI=1S/C24H40N2O11/c1-32-14-15-34-17-16-33-13-11-25-21(29)10-12-35-18-36-26-22(30)6-4-2-3-5-7-23(31)37-24-19(27)8-9-20(24)28/h24H,2-18H2,1H3,(H,25,29)(H,26,30). The summed E-state index contributed by atoms with van der Waals surface area (Å²) in [5.74, 6) is -1.71. The molecule has 0 heterocycles. The van der Waals surface area contributed by atoms with Gasteiger partial charge >= 0.3 is 5.97 Å². The zero-order chi connectivity index (χ0) is 27.1. The number of methoxy groups -OCH3 is 1. The Morgan fingerprint density at radius 2 is 1.41 bits per heavy atom. The number of carbonyl (C=O) groups is 5. The van der Waals surface area contributed by atoms with Crippen LogP contribution in [0.2, 0.25) is 0 Å². The number of nitrogens with one attached hydrogen (secondary N) is 2. The van der Waals surface area contributed by atoms with Crippen molar-refractivity contribution in [3.63, 3.8) is 0 Å². The maximum absolute atomic E-state index is 11.7. The Labute approximate surface area is 217 Å². The second-order valence-electron chi connectivity index (χ2n) is 8.23. The molecule has 0 spiro atoms. The van der Waals surface area contributed by atoms with E-state index in [1.54, 1.807) is 7.11 Å². The average molecular weight is 533 g/mol. The van der Waals surface area contributed by atoms with Crippen LogP contribution in [-0.2, 0) is 52.5 Å². The summed E-state index contributed by atoms with van der Waals surface area (Å²) in [6.45, 7) is 2.69. The molecule has 0 radical (unpaired) electrons. The number of ketones is 2. The SMILES string of the molecule is COCCOCCOCCNC(=O)CCOCONC(=O)CCCCCCC(=O)OC1C(=O)CCC1=O. The molecule has 13 heteroatoms. The van der Waals surface area contributed by atoms with E-state index in [2.05, 4.69) is 10.8 Å². The number of carbonyl (C=O) groups excluding carboxylic acids is 5. The lowest BCUT2D eigenvalue weighted by Gasteiger charge is -2.09.